The minimum atomic E-state index is -0.237. The lowest BCUT2D eigenvalue weighted by Crippen LogP contribution is -2.27. The number of aryl methyl sites for hydroxylation is 1. The van der Waals surface area contributed by atoms with Crippen molar-refractivity contribution in [2.45, 2.75) is 57.7 Å². The summed E-state index contributed by atoms with van der Waals surface area (Å²) in [7, 11) is 0. The molecule has 1 saturated carbocycles. The Bertz CT molecular complexity index is 738. The third-order valence-corrected chi connectivity index (χ3v) is 4.87. The van der Waals surface area contributed by atoms with Gasteiger partial charge in [0.25, 0.3) is 11.7 Å². The quantitative estimate of drug-likeness (QED) is 0.867. The zero-order chi connectivity index (χ0) is 17.2. The van der Waals surface area contributed by atoms with Crippen molar-refractivity contribution in [2.75, 3.05) is 6.54 Å². The molecule has 3 heterocycles. The minimum absolute atomic E-state index is 0.0580. The van der Waals surface area contributed by atoms with Crippen LogP contribution in [0.2, 0.25) is 0 Å². The molecule has 2 aromatic heterocycles. The molecule has 1 N–H and O–H groups in total. The first kappa shape index (κ1) is 16.2. The van der Waals surface area contributed by atoms with Gasteiger partial charge in [-0.2, -0.15) is 4.98 Å². The number of amides is 1. The van der Waals surface area contributed by atoms with Crippen molar-refractivity contribution in [1.29, 1.82) is 0 Å². The average molecular weight is 341 g/mol. The predicted molar refractivity (Wildman–Crippen MR) is 90.8 cm³/mol. The molecular weight excluding hydrogens is 318 g/mol. The molecule has 1 unspecified atom stereocenters. The smallest absolute Gasteiger partial charge is 0.292 e. The number of hydrogen-bond donors (Lipinski definition) is 1. The molecule has 1 aliphatic heterocycles. The zero-order valence-corrected chi connectivity index (χ0v) is 14.4. The highest BCUT2D eigenvalue weighted by Crippen LogP contribution is 2.32. The van der Waals surface area contributed by atoms with E-state index in [-0.39, 0.29) is 23.8 Å². The standard InChI is InChI=1S/C18H23N5O2/c1-2-12-5-6-14(19-10-12)11-23-9-3-4-15(23)18-21-16(22-25-18)17(24)20-13-7-8-13/h5-6,10,13,15H,2-4,7-9,11H2,1H3,(H,20,24). The van der Waals surface area contributed by atoms with Crippen LogP contribution in [0.25, 0.3) is 0 Å². The van der Waals surface area contributed by atoms with Gasteiger partial charge in [0.1, 0.15) is 0 Å². The molecule has 132 valence electrons. The van der Waals surface area contributed by atoms with Gasteiger partial charge in [-0.15, -0.1) is 0 Å². The predicted octanol–water partition coefficient (Wildman–Crippen LogP) is 2.26. The number of nitrogens with zero attached hydrogens (tertiary/aromatic N) is 4. The number of aromatic nitrogens is 3. The monoisotopic (exact) mass is 341 g/mol. The maximum absolute atomic E-state index is 12.0. The Morgan fingerprint density at radius 1 is 1.36 bits per heavy atom. The van der Waals surface area contributed by atoms with E-state index in [9.17, 15) is 4.79 Å². The van der Waals surface area contributed by atoms with E-state index in [0.29, 0.717) is 5.89 Å². The van der Waals surface area contributed by atoms with Crippen LogP contribution in [-0.2, 0) is 13.0 Å². The Labute approximate surface area is 146 Å². The third-order valence-electron chi connectivity index (χ3n) is 4.87. The Kier molecular flexibility index (Phi) is 4.48. The molecule has 25 heavy (non-hydrogen) atoms. The number of likely N-dealkylation sites (tertiary alicyclic amines) is 1. The topological polar surface area (TPSA) is 84.2 Å². The number of hydrogen-bond acceptors (Lipinski definition) is 6. The second kappa shape index (κ2) is 6.92. The molecule has 0 radical (unpaired) electrons. The van der Waals surface area contributed by atoms with E-state index < -0.39 is 0 Å². The summed E-state index contributed by atoms with van der Waals surface area (Å²) in [5.74, 6) is 0.432. The van der Waals surface area contributed by atoms with Gasteiger partial charge in [-0.25, -0.2) is 0 Å². The summed E-state index contributed by atoms with van der Waals surface area (Å²) in [6.45, 7) is 3.84. The van der Waals surface area contributed by atoms with Crippen molar-refractivity contribution in [3.63, 3.8) is 0 Å². The summed E-state index contributed by atoms with van der Waals surface area (Å²) in [6.07, 6.45) is 7.04. The van der Waals surface area contributed by atoms with Crippen LogP contribution in [0.5, 0.6) is 0 Å². The molecule has 7 heteroatoms. The van der Waals surface area contributed by atoms with Gasteiger partial charge in [-0.3, -0.25) is 14.7 Å². The number of rotatable bonds is 6. The summed E-state index contributed by atoms with van der Waals surface area (Å²) < 4.78 is 5.39. The maximum Gasteiger partial charge on any atom is 0.292 e. The van der Waals surface area contributed by atoms with E-state index in [0.717, 1.165) is 50.9 Å². The first-order chi connectivity index (χ1) is 12.2. The molecule has 2 aromatic rings. The van der Waals surface area contributed by atoms with Gasteiger partial charge in [0.15, 0.2) is 0 Å². The first-order valence-electron chi connectivity index (χ1n) is 9.05. The SMILES string of the molecule is CCc1ccc(CN2CCCC2c2nc(C(=O)NC3CC3)no2)nc1. The number of nitrogens with one attached hydrogen (secondary N) is 1. The Morgan fingerprint density at radius 3 is 2.96 bits per heavy atom. The average Bonchev–Trinajstić information content (AvgIpc) is 3.12. The van der Waals surface area contributed by atoms with Gasteiger partial charge in [0, 0.05) is 18.8 Å². The summed E-state index contributed by atoms with van der Waals surface area (Å²) in [5.41, 5.74) is 2.28. The molecule has 0 aromatic carbocycles. The number of pyridine rings is 1. The van der Waals surface area contributed by atoms with E-state index in [1.54, 1.807) is 0 Å². The summed E-state index contributed by atoms with van der Waals surface area (Å²) in [5, 5.41) is 6.75. The van der Waals surface area contributed by atoms with Crippen LogP contribution in [0.3, 0.4) is 0 Å². The highest BCUT2D eigenvalue weighted by Gasteiger charge is 2.32. The Hall–Kier alpha value is -2.28. The fourth-order valence-corrected chi connectivity index (χ4v) is 3.20. The summed E-state index contributed by atoms with van der Waals surface area (Å²) in [6, 6.07) is 4.55. The number of carbonyl (C=O) groups excluding carboxylic acids is 1. The van der Waals surface area contributed by atoms with Crippen LogP contribution in [0.4, 0.5) is 0 Å². The van der Waals surface area contributed by atoms with Crippen molar-refractivity contribution in [1.82, 2.24) is 25.3 Å². The maximum atomic E-state index is 12.0. The van der Waals surface area contributed by atoms with E-state index >= 15 is 0 Å². The lowest BCUT2D eigenvalue weighted by molar-refractivity contribution is 0.0937. The molecule has 1 saturated heterocycles. The van der Waals surface area contributed by atoms with E-state index in [4.69, 9.17) is 4.52 Å². The van der Waals surface area contributed by atoms with Gasteiger partial charge >= 0.3 is 0 Å². The van der Waals surface area contributed by atoms with Gasteiger partial charge in [-0.1, -0.05) is 18.1 Å². The van der Waals surface area contributed by atoms with Crippen LogP contribution in [0, 0.1) is 0 Å². The second-order valence-corrected chi connectivity index (χ2v) is 6.84. The molecular formula is C18H23N5O2. The highest BCUT2D eigenvalue weighted by atomic mass is 16.5. The third kappa shape index (κ3) is 3.71. The molecule has 1 amide bonds. The van der Waals surface area contributed by atoms with Crippen LogP contribution in [0.1, 0.15) is 66.4 Å². The Morgan fingerprint density at radius 2 is 2.24 bits per heavy atom. The van der Waals surface area contributed by atoms with Crippen molar-refractivity contribution < 1.29 is 9.32 Å². The molecule has 0 spiro atoms. The van der Waals surface area contributed by atoms with E-state index in [1.807, 2.05) is 6.20 Å². The van der Waals surface area contributed by atoms with Crippen LogP contribution in [-0.4, -0.2) is 38.5 Å². The number of carbonyl (C=O) groups is 1. The minimum Gasteiger partial charge on any atom is -0.346 e. The fraction of sp³-hybridized carbons (Fsp3) is 0.556. The normalized spacial score (nSPS) is 20.8. The molecule has 2 aliphatic rings. The molecule has 0 bridgehead atoms. The van der Waals surface area contributed by atoms with Crippen LogP contribution in [0.15, 0.2) is 22.9 Å². The fourth-order valence-electron chi connectivity index (χ4n) is 3.20. The zero-order valence-electron chi connectivity index (χ0n) is 14.4. The van der Waals surface area contributed by atoms with Gasteiger partial charge in [-0.05, 0) is 50.3 Å². The van der Waals surface area contributed by atoms with E-state index in [2.05, 4.69) is 44.4 Å². The van der Waals surface area contributed by atoms with Crippen molar-refractivity contribution >= 4 is 5.91 Å². The molecule has 4 rings (SSSR count). The lowest BCUT2D eigenvalue weighted by atomic mass is 10.2. The second-order valence-electron chi connectivity index (χ2n) is 6.84. The van der Waals surface area contributed by atoms with E-state index in [1.165, 1.54) is 5.56 Å². The largest absolute Gasteiger partial charge is 0.346 e. The molecule has 1 aliphatic carbocycles. The van der Waals surface area contributed by atoms with Crippen LogP contribution < -0.4 is 5.32 Å². The van der Waals surface area contributed by atoms with Gasteiger partial charge < -0.3 is 9.84 Å². The Balaban J connectivity index is 1.43. The van der Waals surface area contributed by atoms with Gasteiger partial charge in [0.05, 0.1) is 11.7 Å². The van der Waals surface area contributed by atoms with Crippen molar-refractivity contribution in [2.24, 2.45) is 0 Å². The molecule has 2 fully saturated rings. The first-order valence-corrected chi connectivity index (χ1v) is 9.05. The highest BCUT2D eigenvalue weighted by molar-refractivity contribution is 5.90. The van der Waals surface area contributed by atoms with Gasteiger partial charge in [0.2, 0.25) is 5.89 Å². The summed E-state index contributed by atoms with van der Waals surface area (Å²) in [4.78, 5) is 23.2. The van der Waals surface area contributed by atoms with Crippen LogP contribution >= 0.6 is 0 Å². The molecule has 1 atom stereocenters. The molecule has 7 nitrogen and oxygen atoms in total. The lowest BCUT2D eigenvalue weighted by Gasteiger charge is -2.20. The van der Waals surface area contributed by atoms with Crippen molar-refractivity contribution in [3.05, 3.63) is 41.3 Å². The summed E-state index contributed by atoms with van der Waals surface area (Å²) >= 11 is 0. The van der Waals surface area contributed by atoms with Crippen molar-refractivity contribution in [3.8, 4) is 0 Å².